The Labute approximate surface area is 122 Å². The predicted octanol–water partition coefficient (Wildman–Crippen LogP) is 4.54. The average molecular weight is 349 g/mol. The molecule has 0 radical (unpaired) electrons. The monoisotopic (exact) mass is 347 g/mol. The molecule has 6 heteroatoms. The largest absolute Gasteiger partial charge is 0.485 e. The fraction of sp³-hybridized carbons (Fsp3) is 0.0769. The average Bonchev–Trinajstić information content (AvgIpc) is 2.32. The number of hydrogen-bond acceptors (Lipinski definition) is 2. The van der Waals surface area contributed by atoms with Crippen LogP contribution in [0.2, 0.25) is 5.02 Å². The predicted molar refractivity (Wildman–Crippen MR) is 74.3 cm³/mol. The van der Waals surface area contributed by atoms with Gasteiger partial charge >= 0.3 is 0 Å². The quantitative estimate of drug-likeness (QED) is 0.826. The molecule has 0 heterocycles. The van der Waals surface area contributed by atoms with Crippen molar-refractivity contribution in [2.75, 3.05) is 5.73 Å². The standard InChI is InChI=1S/C13H9BrClF2NO/c14-10-4-8(16)5-12(17)13(10)19-6-7-3-9(18)1-2-11(7)15/h1-5H,6,18H2. The fourth-order valence-corrected chi connectivity index (χ4v) is 2.22. The Kier molecular flexibility index (Phi) is 4.27. The topological polar surface area (TPSA) is 35.2 Å². The van der Waals surface area contributed by atoms with Crippen molar-refractivity contribution >= 4 is 33.2 Å². The van der Waals surface area contributed by atoms with Gasteiger partial charge < -0.3 is 10.5 Å². The molecule has 0 amide bonds. The van der Waals surface area contributed by atoms with Crippen LogP contribution < -0.4 is 10.5 Å². The summed E-state index contributed by atoms with van der Waals surface area (Å²) in [7, 11) is 0. The highest BCUT2D eigenvalue weighted by Gasteiger charge is 2.12. The third-order valence-corrected chi connectivity index (χ3v) is 3.36. The molecule has 2 aromatic rings. The molecule has 0 spiro atoms. The van der Waals surface area contributed by atoms with E-state index in [0.717, 1.165) is 12.1 Å². The van der Waals surface area contributed by atoms with Crippen LogP contribution in [-0.4, -0.2) is 0 Å². The fourth-order valence-electron chi connectivity index (χ4n) is 1.52. The van der Waals surface area contributed by atoms with Crippen LogP contribution in [0.25, 0.3) is 0 Å². The maximum atomic E-state index is 13.5. The number of halogens is 4. The van der Waals surface area contributed by atoms with Crippen molar-refractivity contribution in [1.29, 1.82) is 0 Å². The van der Waals surface area contributed by atoms with Gasteiger partial charge in [-0.1, -0.05) is 11.6 Å². The summed E-state index contributed by atoms with van der Waals surface area (Å²) >= 11 is 9.01. The molecule has 0 fully saturated rings. The van der Waals surface area contributed by atoms with Gasteiger partial charge in [0.25, 0.3) is 0 Å². The van der Waals surface area contributed by atoms with E-state index in [1.165, 1.54) is 0 Å². The molecule has 0 aliphatic rings. The van der Waals surface area contributed by atoms with E-state index in [0.29, 0.717) is 16.3 Å². The minimum atomic E-state index is -0.785. The summed E-state index contributed by atoms with van der Waals surface area (Å²) in [6.45, 7) is 0.0328. The maximum absolute atomic E-state index is 13.5. The summed E-state index contributed by atoms with van der Waals surface area (Å²) in [6.07, 6.45) is 0. The first-order chi connectivity index (χ1) is 8.97. The first kappa shape index (κ1) is 14.1. The van der Waals surface area contributed by atoms with E-state index < -0.39 is 11.6 Å². The Balaban J connectivity index is 2.21. The van der Waals surface area contributed by atoms with Crippen molar-refractivity contribution in [3.05, 3.63) is 57.0 Å². The van der Waals surface area contributed by atoms with Crippen molar-refractivity contribution in [3.8, 4) is 5.75 Å². The summed E-state index contributed by atoms with van der Waals surface area (Å²) in [5, 5.41) is 0.466. The second-order valence-electron chi connectivity index (χ2n) is 3.84. The minimum Gasteiger partial charge on any atom is -0.485 e. The summed E-state index contributed by atoms with van der Waals surface area (Å²) in [5.74, 6) is -1.54. The molecule has 2 aromatic carbocycles. The molecule has 0 aliphatic carbocycles. The van der Waals surface area contributed by atoms with Gasteiger partial charge in [0.05, 0.1) is 4.47 Å². The Hall–Kier alpha value is -1.33. The van der Waals surface area contributed by atoms with E-state index in [2.05, 4.69) is 15.9 Å². The Morgan fingerprint density at radius 3 is 2.63 bits per heavy atom. The molecule has 2 nitrogen and oxygen atoms in total. The van der Waals surface area contributed by atoms with E-state index in [-0.39, 0.29) is 16.8 Å². The zero-order valence-corrected chi connectivity index (χ0v) is 11.9. The Bertz CT molecular complexity index is 599. The van der Waals surface area contributed by atoms with Crippen LogP contribution in [0.1, 0.15) is 5.56 Å². The third-order valence-electron chi connectivity index (χ3n) is 2.40. The molecular formula is C13H9BrClF2NO. The molecule has 19 heavy (non-hydrogen) atoms. The highest BCUT2D eigenvalue weighted by Crippen LogP contribution is 2.30. The normalized spacial score (nSPS) is 10.5. The molecule has 2 N–H and O–H groups in total. The van der Waals surface area contributed by atoms with E-state index in [1.807, 2.05) is 0 Å². The number of anilines is 1. The van der Waals surface area contributed by atoms with Gasteiger partial charge in [-0.2, -0.15) is 0 Å². The number of benzene rings is 2. The van der Waals surface area contributed by atoms with Crippen molar-refractivity contribution in [2.24, 2.45) is 0 Å². The molecular weight excluding hydrogens is 340 g/mol. The summed E-state index contributed by atoms with van der Waals surface area (Å²) in [6, 6.07) is 6.80. The van der Waals surface area contributed by atoms with Crippen LogP contribution in [0.15, 0.2) is 34.8 Å². The molecule has 0 aromatic heterocycles. The minimum absolute atomic E-state index is 0.0328. The third kappa shape index (κ3) is 3.36. The molecule has 100 valence electrons. The van der Waals surface area contributed by atoms with Crippen molar-refractivity contribution in [1.82, 2.24) is 0 Å². The van der Waals surface area contributed by atoms with Gasteiger partial charge in [0.2, 0.25) is 0 Å². The number of hydrogen-bond donors (Lipinski definition) is 1. The SMILES string of the molecule is Nc1ccc(Cl)c(COc2c(F)cc(F)cc2Br)c1. The van der Waals surface area contributed by atoms with Gasteiger partial charge in [0.1, 0.15) is 12.4 Å². The summed E-state index contributed by atoms with van der Waals surface area (Å²) in [4.78, 5) is 0. The van der Waals surface area contributed by atoms with Crippen molar-refractivity contribution in [2.45, 2.75) is 6.61 Å². The van der Waals surface area contributed by atoms with E-state index in [9.17, 15) is 8.78 Å². The molecule has 0 aliphatic heterocycles. The van der Waals surface area contributed by atoms with Crippen LogP contribution in [-0.2, 0) is 6.61 Å². The zero-order valence-electron chi connectivity index (χ0n) is 9.59. The van der Waals surface area contributed by atoms with Gasteiger partial charge in [0, 0.05) is 22.3 Å². The van der Waals surface area contributed by atoms with E-state index >= 15 is 0 Å². The van der Waals surface area contributed by atoms with Gasteiger partial charge in [-0.15, -0.1) is 0 Å². The van der Waals surface area contributed by atoms with Crippen LogP contribution >= 0.6 is 27.5 Å². The summed E-state index contributed by atoms with van der Waals surface area (Å²) < 4.78 is 32.0. The second kappa shape index (κ2) is 5.75. The lowest BCUT2D eigenvalue weighted by atomic mass is 10.2. The van der Waals surface area contributed by atoms with E-state index in [4.69, 9.17) is 22.1 Å². The lowest BCUT2D eigenvalue weighted by Crippen LogP contribution is -2.00. The second-order valence-corrected chi connectivity index (χ2v) is 5.10. The highest BCUT2D eigenvalue weighted by atomic mass is 79.9. The van der Waals surface area contributed by atoms with Gasteiger partial charge in [0.15, 0.2) is 11.6 Å². The van der Waals surface area contributed by atoms with Crippen molar-refractivity contribution < 1.29 is 13.5 Å². The summed E-state index contributed by atoms with van der Waals surface area (Å²) in [5.41, 5.74) is 6.78. The smallest absolute Gasteiger partial charge is 0.169 e. The van der Waals surface area contributed by atoms with Gasteiger partial charge in [-0.3, -0.25) is 0 Å². The number of ether oxygens (including phenoxy) is 1. The molecule has 0 saturated heterocycles. The lowest BCUT2D eigenvalue weighted by molar-refractivity contribution is 0.287. The lowest BCUT2D eigenvalue weighted by Gasteiger charge is -2.11. The Morgan fingerprint density at radius 1 is 1.21 bits per heavy atom. The number of rotatable bonds is 3. The van der Waals surface area contributed by atoms with Gasteiger partial charge in [-0.05, 0) is 40.2 Å². The van der Waals surface area contributed by atoms with Crippen molar-refractivity contribution in [3.63, 3.8) is 0 Å². The first-order valence-electron chi connectivity index (χ1n) is 5.28. The zero-order chi connectivity index (χ0) is 14.0. The molecule has 0 saturated carbocycles. The van der Waals surface area contributed by atoms with Gasteiger partial charge in [-0.25, -0.2) is 8.78 Å². The molecule has 0 unspecified atom stereocenters. The molecule has 2 rings (SSSR count). The van der Waals surface area contributed by atoms with Crippen LogP contribution in [0.5, 0.6) is 5.75 Å². The number of nitrogens with two attached hydrogens (primary N) is 1. The molecule has 0 atom stereocenters. The van der Waals surface area contributed by atoms with Crippen LogP contribution in [0, 0.1) is 11.6 Å². The maximum Gasteiger partial charge on any atom is 0.169 e. The highest BCUT2D eigenvalue weighted by molar-refractivity contribution is 9.10. The Morgan fingerprint density at radius 2 is 1.95 bits per heavy atom. The molecule has 0 bridgehead atoms. The number of nitrogen functional groups attached to an aromatic ring is 1. The van der Waals surface area contributed by atoms with Crippen LogP contribution in [0.3, 0.4) is 0 Å². The van der Waals surface area contributed by atoms with E-state index in [1.54, 1.807) is 18.2 Å². The first-order valence-corrected chi connectivity index (χ1v) is 6.45. The van der Waals surface area contributed by atoms with Crippen LogP contribution in [0.4, 0.5) is 14.5 Å².